The molecule has 2 aromatic heterocycles. The van der Waals surface area contributed by atoms with E-state index in [1.807, 2.05) is 11.8 Å². The van der Waals surface area contributed by atoms with Crippen molar-refractivity contribution in [1.29, 1.82) is 0 Å². The molecule has 0 radical (unpaired) electrons. The first kappa shape index (κ1) is 15.3. The number of hydrogen-bond acceptors (Lipinski definition) is 4. The van der Waals surface area contributed by atoms with Gasteiger partial charge in [0.05, 0.1) is 12.3 Å². The lowest BCUT2D eigenvalue weighted by atomic mass is 10.2. The maximum Gasteiger partial charge on any atom is 0.272 e. The van der Waals surface area contributed by atoms with Gasteiger partial charge in [-0.05, 0) is 13.0 Å². The SMILES string of the molecule is Cc1nc2cc(Cl)ccn2c1C(=O)N1CCN(CCO)CC1. The molecule has 0 atom stereocenters. The first-order valence-corrected chi connectivity index (χ1v) is 7.74. The van der Waals surface area contributed by atoms with Gasteiger partial charge in [-0.3, -0.25) is 14.1 Å². The highest BCUT2D eigenvalue weighted by molar-refractivity contribution is 6.30. The number of hydrogen-bond donors (Lipinski definition) is 1. The molecule has 0 aliphatic carbocycles. The molecule has 1 fully saturated rings. The smallest absolute Gasteiger partial charge is 0.272 e. The maximum absolute atomic E-state index is 12.8. The van der Waals surface area contributed by atoms with Crippen molar-refractivity contribution >= 4 is 23.2 Å². The molecule has 0 unspecified atom stereocenters. The first-order valence-electron chi connectivity index (χ1n) is 7.37. The van der Waals surface area contributed by atoms with E-state index in [1.165, 1.54) is 0 Å². The highest BCUT2D eigenvalue weighted by Gasteiger charge is 2.25. The fraction of sp³-hybridized carbons (Fsp3) is 0.467. The number of pyridine rings is 1. The summed E-state index contributed by atoms with van der Waals surface area (Å²) in [5.74, 6) is -0.00373. The number of nitrogens with zero attached hydrogens (tertiary/aromatic N) is 4. The molecular weight excluding hydrogens is 304 g/mol. The normalized spacial score (nSPS) is 16.4. The Balaban J connectivity index is 1.82. The van der Waals surface area contributed by atoms with Gasteiger partial charge in [0.25, 0.3) is 5.91 Å². The van der Waals surface area contributed by atoms with E-state index >= 15 is 0 Å². The zero-order valence-electron chi connectivity index (χ0n) is 12.5. The van der Waals surface area contributed by atoms with E-state index in [0.29, 0.717) is 41.7 Å². The van der Waals surface area contributed by atoms with Gasteiger partial charge in [0, 0.05) is 50.0 Å². The van der Waals surface area contributed by atoms with Crippen LogP contribution in [0, 0.1) is 6.92 Å². The van der Waals surface area contributed by atoms with Gasteiger partial charge in [-0.25, -0.2) is 4.98 Å². The van der Waals surface area contributed by atoms with Crippen LogP contribution in [0.2, 0.25) is 5.02 Å². The van der Waals surface area contributed by atoms with Gasteiger partial charge in [0.2, 0.25) is 0 Å². The Morgan fingerprint density at radius 2 is 2.09 bits per heavy atom. The number of β-amino-alcohol motifs (C(OH)–C–C–N with tert-alkyl or cyclic N) is 1. The van der Waals surface area contributed by atoms with Gasteiger partial charge >= 0.3 is 0 Å². The van der Waals surface area contributed by atoms with E-state index in [0.717, 1.165) is 13.1 Å². The van der Waals surface area contributed by atoms with Crippen LogP contribution in [0.15, 0.2) is 18.3 Å². The van der Waals surface area contributed by atoms with Crippen molar-refractivity contribution in [1.82, 2.24) is 19.2 Å². The predicted molar refractivity (Wildman–Crippen MR) is 84.4 cm³/mol. The minimum atomic E-state index is -0.00373. The molecule has 1 amide bonds. The zero-order chi connectivity index (χ0) is 15.7. The van der Waals surface area contributed by atoms with E-state index in [2.05, 4.69) is 9.88 Å². The fourth-order valence-corrected chi connectivity index (χ4v) is 3.01. The Morgan fingerprint density at radius 3 is 2.77 bits per heavy atom. The van der Waals surface area contributed by atoms with Gasteiger partial charge in [-0.1, -0.05) is 11.6 Å². The number of carbonyl (C=O) groups excluding carboxylic acids is 1. The van der Waals surface area contributed by atoms with Crippen LogP contribution in [0.3, 0.4) is 0 Å². The molecule has 2 aromatic rings. The van der Waals surface area contributed by atoms with Crippen LogP contribution in [-0.2, 0) is 0 Å². The van der Waals surface area contributed by atoms with Gasteiger partial charge in [-0.15, -0.1) is 0 Å². The number of carbonyl (C=O) groups is 1. The fourth-order valence-electron chi connectivity index (χ4n) is 2.86. The second-order valence-corrected chi connectivity index (χ2v) is 5.91. The average molecular weight is 323 g/mol. The maximum atomic E-state index is 12.8. The number of aliphatic hydroxyl groups excluding tert-OH is 1. The van der Waals surface area contributed by atoms with Gasteiger partial charge in [0.15, 0.2) is 0 Å². The summed E-state index contributed by atoms with van der Waals surface area (Å²) in [6, 6.07) is 3.51. The van der Waals surface area contributed by atoms with Crippen molar-refractivity contribution < 1.29 is 9.90 Å². The van der Waals surface area contributed by atoms with Crippen molar-refractivity contribution in [2.24, 2.45) is 0 Å². The molecule has 6 nitrogen and oxygen atoms in total. The number of amides is 1. The lowest BCUT2D eigenvalue weighted by Gasteiger charge is -2.34. The van der Waals surface area contributed by atoms with E-state index < -0.39 is 0 Å². The molecule has 0 saturated carbocycles. The minimum Gasteiger partial charge on any atom is -0.395 e. The number of imidazole rings is 1. The van der Waals surface area contributed by atoms with Crippen LogP contribution < -0.4 is 0 Å². The third-order valence-electron chi connectivity index (χ3n) is 4.04. The highest BCUT2D eigenvalue weighted by atomic mass is 35.5. The number of aryl methyl sites for hydroxylation is 1. The predicted octanol–water partition coefficient (Wildman–Crippen LogP) is 1.05. The monoisotopic (exact) mass is 322 g/mol. The molecule has 3 heterocycles. The molecule has 0 aromatic carbocycles. The third kappa shape index (κ3) is 2.82. The van der Waals surface area contributed by atoms with E-state index in [9.17, 15) is 4.79 Å². The molecule has 0 spiro atoms. The number of rotatable bonds is 3. The lowest BCUT2D eigenvalue weighted by molar-refractivity contribution is 0.0607. The van der Waals surface area contributed by atoms with E-state index in [1.54, 1.807) is 22.7 Å². The Morgan fingerprint density at radius 1 is 1.36 bits per heavy atom. The summed E-state index contributed by atoms with van der Waals surface area (Å²) in [4.78, 5) is 21.2. The Kier molecular flexibility index (Phi) is 4.33. The molecule has 22 heavy (non-hydrogen) atoms. The van der Waals surface area contributed by atoms with Crippen molar-refractivity contribution in [3.05, 3.63) is 34.7 Å². The molecule has 1 aliphatic heterocycles. The van der Waals surface area contributed by atoms with Crippen LogP contribution in [0.25, 0.3) is 5.65 Å². The van der Waals surface area contributed by atoms with Gasteiger partial charge in [-0.2, -0.15) is 0 Å². The summed E-state index contributed by atoms with van der Waals surface area (Å²) in [6.45, 7) is 5.56. The van der Waals surface area contributed by atoms with Crippen LogP contribution >= 0.6 is 11.6 Å². The first-order chi connectivity index (χ1) is 10.6. The largest absolute Gasteiger partial charge is 0.395 e. The molecule has 118 valence electrons. The minimum absolute atomic E-state index is 0.00373. The number of fused-ring (bicyclic) bond motifs is 1. The van der Waals surface area contributed by atoms with Gasteiger partial charge in [0.1, 0.15) is 11.3 Å². The molecule has 3 rings (SSSR count). The Labute approximate surface area is 133 Å². The summed E-state index contributed by atoms with van der Waals surface area (Å²) >= 11 is 5.98. The molecule has 1 N–H and O–H groups in total. The Bertz CT molecular complexity index is 692. The van der Waals surface area contributed by atoms with Crippen LogP contribution in [0.4, 0.5) is 0 Å². The highest BCUT2D eigenvalue weighted by Crippen LogP contribution is 2.18. The van der Waals surface area contributed by atoms with Crippen molar-refractivity contribution in [3.63, 3.8) is 0 Å². The van der Waals surface area contributed by atoms with Gasteiger partial charge < -0.3 is 10.0 Å². The second kappa shape index (κ2) is 6.24. The standard InChI is InChI=1S/C15H19ClN4O2/c1-11-14(20-3-2-12(16)10-13(20)17-11)15(22)19-6-4-18(5-7-19)8-9-21/h2-3,10,21H,4-9H2,1H3. The van der Waals surface area contributed by atoms with Crippen molar-refractivity contribution in [3.8, 4) is 0 Å². The molecular formula is C15H19ClN4O2. The Hall–Kier alpha value is -1.63. The number of halogens is 1. The summed E-state index contributed by atoms with van der Waals surface area (Å²) in [6.07, 6.45) is 1.78. The number of aromatic nitrogens is 2. The van der Waals surface area contributed by atoms with Crippen molar-refractivity contribution in [2.75, 3.05) is 39.3 Å². The zero-order valence-corrected chi connectivity index (χ0v) is 13.3. The van der Waals surface area contributed by atoms with E-state index in [4.69, 9.17) is 16.7 Å². The van der Waals surface area contributed by atoms with Crippen molar-refractivity contribution in [2.45, 2.75) is 6.92 Å². The van der Waals surface area contributed by atoms with Crippen LogP contribution in [0.1, 0.15) is 16.2 Å². The summed E-state index contributed by atoms with van der Waals surface area (Å²) in [7, 11) is 0. The third-order valence-corrected chi connectivity index (χ3v) is 4.28. The number of aliphatic hydroxyl groups is 1. The number of piperazine rings is 1. The van der Waals surface area contributed by atoms with E-state index in [-0.39, 0.29) is 12.5 Å². The average Bonchev–Trinajstić information content (AvgIpc) is 2.82. The topological polar surface area (TPSA) is 61.1 Å². The summed E-state index contributed by atoms with van der Waals surface area (Å²) in [5, 5.41) is 9.58. The molecule has 1 aliphatic rings. The summed E-state index contributed by atoms with van der Waals surface area (Å²) in [5.41, 5.74) is 2.00. The molecule has 1 saturated heterocycles. The quantitative estimate of drug-likeness (QED) is 0.917. The molecule has 7 heteroatoms. The van der Waals surface area contributed by atoms with Crippen LogP contribution in [-0.4, -0.2) is 69.5 Å². The van der Waals surface area contributed by atoms with Crippen LogP contribution in [0.5, 0.6) is 0 Å². The molecule has 0 bridgehead atoms. The summed E-state index contributed by atoms with van der Waals surface area (Å²) < 4.78 is 1.80. The second-order valence-electron chi connectivity index (χ2n) is 5.48. The lowest BCUT2D eigenvalue weighted by Crippen LogP contribution is -2.49.